The summed E-state index contributed by atoms with van der Waals surface area (Å²) in [5.41, 5.74) is 10.7. The van der Waals surface area contributed by atoms with Crippen LogP contribution in [0.5, 0.6) is 11.5 Å². The van der Waals surface area contributed by atoms with Crippen LogP contribution in [0.25, 0.3) is 22.2 Å². The highest BCUT2D eigenvalue weighted by atomic mass is 16.7. The number of aromatic nitrogens is 2. The fourth-order valence-electron chi connectivity index (χ4n) is 9.41. The number of hydrogen-bond donors (Lipinski definition) is 3. The summed E-state index contributed by atoms with van der Waals surface area (Å²) >= 11 is 0. The van der Waals surface area contributed by atoms with Crippen LogP contribution in [0.2, 0.25) is 0 Å². The van der Waals surface area contributed by atoms with E-state index in [0.717, 1.165) is 84.8 Å². The van der Waals surface area contributed by atoms with Crippen LogP contribution in [0.15, 0.2) is 74.7 Å². The lowest BCUT2D eigenvalue weighted by Gasteiger charge is -2.44. The number of carbonyl (C=O) groups excluding carboxylic acids is 1. The molecule has 2 fully saturated rings. The minimum atomic E-state index is -1.07. The number of benzene rings is 1. The molecule has 13 nitrogen and oxygen atoms in total. The number of unbranched alkanes of at least 4 members (excludes halogenated alkanes) is 2. The maximum atomic E-state index is 14.2. The molecule has 4 atom stereocenters. The van der Waals surface area contributed by atoms with Gasteiger partial charge >= 0.3 is 5.97 Å². The number of rotatable bonds is 11. The number of aliphatic imine (C=N–C) groups is 1. The van der Waals surface area contributed by atoms with Crippen LogP contribution in [-0.4, -0.2) is 68.2 Å². The second kappa shape index (κ2) is 15.2. The fraction of sp³-hybridized carbons (Fsp3) is 0.457. The number of anilines is 2. The third-order valence-corrected chi connectivity index (χ3v) is 12.3. The van der Waals surface area contributed by atoms with Crippen molar-refractivity contribution in [3.05, 3.63) is 93.3 Å². The Kier molecular flexibility index (Phi) is 9.97. The monoisotopic (exact) mass is 800 g/mol. The molecule has 1 spiro atoms. The first-order valence-electron chi connectivity index (χ1n) is 21.0. The molecule has 8 heterocycles. The zero-order valence-corrected chi connectivity index (χ0v) is 34.2. The number of hydrogen-bond acceptors (Lipinski definition) is 13. The van der Waals surface area contributed by atoms with Crippen LogP contribution >= 0.6 is 0 Å². The molecule has 0 unspecified atom stereocenters. The number of allylic oxidation sites excluding steroid dienone is 1. The Bertz CT molecular complexity index is 2490. The van der Waals surface area contributed by atoms with Crippen LogP contribution in [0.4, 0.5) is 11.6 Å². The van der Waals surface area contributed by atoms with Gasteiger partial charge in [-0.05, 0) is 95.2 Å². The third kappa shape index (κ3) is 7.45. The van der Waals surface area contributed by atoms with Gasteiger partial charge in [0.1, 0.15) is 51.6 Å². The van der Waals surface area contributed by atoms with Gasteiger partial charge in [-0.15, -0.1) is 0 Å². The lowest BCUT2D eigenvalue weighted by atomic mass is 9.77. The Morgan fingerprint density at radius 1 is 1.07 bits per heavy atom. The summed E-state index contributed by atoms with van der Waals surface area (Å²) in [6.45, 7) is 9.86. The standard InChI is InChI=1S/C46H52N6O7/c1-5-6-9-15-49-39-21-29(20-30(50-39)24-52-23-28-13-16-48-33(28)25-52)32-18-27(19-38(47)51-32)11-12-37-46(59-37)14-8-7-10-31-40-36(58-45(3,4)43(31)57-44(46)55)22-35-41(42(40)54)34(53)17-26(2)56-35/h13,16-23,31,37,43,54H,5-12,14-15,24-25H2,1-4H3,(H2,47,51)(H,49,50)/t31-,37-,43+,46+/m0/s1. The smallest absolute Gasteiger partial charge is 0.341 e. The van der Waals surface area contributed by atoms with Gasteiger partial charge in [0.25, 0.3) is 0 Å². The molecule has 13 heteroatoms. The lowest BCUT2D eigenvalue weighted by Crippen LogP contribution is -2.52. The second-order valence-corrected chi connectivity index (χ2v) is 17.2. The number of aromatic hydroxyl groups is 1. The number of epoxide rings is 1. The topological polar surface area (TPSA) is 178 Å². The molecule has 5 aliphatic heterocycles. The number of phenols is 1. The van der Waals surface area contributed by atoms with E-state index in [-0.39, 0.29) is 28.3 Å². The first kappa shape index (κ1) is 38.8. The Labute approximate surface area is 343 Å². The van der Waals surface area contributed by atoms with E-state index in [1.807, 2.05) is 38.3 Å². The van der Waals surface area contributed by atoms with Crippen molar-refractivity contribution in [1.29, 1.82) is 0 Å². The minimum Gasteiger partial charge on any atom is -0.507 e. The molecule has 9 rings (SSSR count). The Balaban J connectivity index is 0.925. The molecule has 1 aromatic carbocycles. The van der Waals surface area contributed by atoms with Crippen LogP contribution in [0.3, 0.4) is 0 Å². The van der Waals surface area contributed by atoms with Gasteiger partial charge in [-0.2, -0.15) is 0 Å². The van der Waals surface area contributed by atoms with Crippen molar-refractivity contribution in [3.8, 4) is 22.8 Å². The molecule has 0 bridgehead atoms. The third-order valence-electron chi connectivity index (χ3n) is 12.3. The van der Waals surface area contributed by atoms with Gasteiger partial charge in [-0.1, -0.05) is 26.2 Å². The Hall–Kier alpha value is -5.69. The van der Waals surface area contributed by atoms with Crippen LogP contribution in [0, 0.1) is 6.92 Å². The number of pyridine rings is 2. The van der Waals surface area contributed by atoms with Gasteiger partial charge in [0, 0.05) is 53.7 Å². The molecule has 4 N–H and O–H groups in total. The summed E-state index contributed by atoms with van der Waals surface area (Å²) in [7, 11) is 0. The number of nitrogens with one attached hydrogen (secondary N) is 1. The highest BCUT2D eigenvalue weighted by Crippen LogP contribution is 2.53. The van der Waals surface area contributed by atoms with Crippen molar-refractivity contribution < 1.29 is 28.5 Å². The maximum Gasteiger partial charge on any atom is 0.341 e. The first-order chi connectivity index (χ1) is 28.4. The van der Waals surface area contributed by atoms with E-state index < -0.39 is 29.2 Å². The summed E-state index contributed by atoms with van der Waals surface area (Å²) in [4.78, 5) is 43.7. The number of fused-ring (bicyclic) bond motifs is 5. The SMILES string of the molecule is CCCCCNc1cc(-c2cc(CC[C@@H]3O[C@]34CCCC[C@H]3c5c(cc6oc(C)cc(=O)c6c5O)OC(C)(C)[C@@H]3OC4=O)cc(N)n2)cc(CN2C=C3C=CN=C3C2)n1. The average Bonchev–Trinajstić information content (AvgIpc) is 3.46. The van der Waals surface area contributed by atoms with Gasteiger partial charge in [0.15, 0.2) is 11.0 Å². The van der Waals surface area contributed by atoms with Crippen LogP contribution < -0.4 is 21.2 Å². The molecular weight excluding hydrogens is 749 g/mol. The Morgan fingerprint density at radius 3 is 2.76 bits per heavy atom. The maximum absolute atomic E-state index is 14.2. The van der Waals surface area contributed by atoms with Crippen LogP contribution in [-0.2, 0) is 27.2 Å². The molecule has 0 radical (unpaired) electrons. The van der Waals surface area contributed by atoms with E-state index >= 15 is 0 Å². The number of ether oxygens (including phenoxy) is 3. The highest BCUT2D eigenvalue weighted by Gasteiger charge is 2.64. The summed E-state index contributed by atoms with van der Waals surface area (Å²) in [5, 5.41) is 15.2. The van der Waals surface area contributed by atoms with Crippen molar-refractivity contribution in [1.82, 2.24) is 14.9 Å². The summed E-state index contributed by atoms with van der Waals surface area (Å²) in [6.07, 6.45) is 12.1. The summed E-state index contributed by atoms with van der Waals surface area (Å²) in [5.74, 6) is 1.09. The van der Waals surface area contributed by atoms with Gasteiger partial charge in [-0.25, -0.2) is 14.8 Å². The minimum absolute atomic E-state index is 0.101. The first-order valence-corrected chi connectivity index (χ1v) is 21.0. The molecule has 308 valence electrons. The lowest BCUT2D eigenvalue weighted by molar-refractivity contribution is -0.170. The molecular formula is C46H52N6O7. The van der Waals surface area contributed by atoms with Crippen molar-refractivity contribution >= 4 is 34.3 Å². The molecule has 2 saturated heterocycles. The number of esters is 1. The normalized spacial score (nSPS) is 24.0. The summed E-state index contributed by atoms with van der Waals surface area (Å²) < 4.78 is 25.0. The van der Waals surface area contributed by atoms with Crippen molar-refractivity contribution in [2.45, 2.75) is 121 Å². The van der Waals surface area contributed by atoms with Crippen molar-refractivity contribution in [2.75, 3.05) is 24.1 Å². The van der Waals surface area contributed by atoms with E-state index in [2.05, 4.69) is 40.5 Å². The molecule has 0 aliphatic carbocycles. The Morgan fingerprint density at radius 2 is 1.93 bits per heavy atom. The van der Waals surface area contributed by atoms with Crippen molar-refractivity contribution in [3.63, 3.8) is 0 Å². The van der Waals surface area contributed by atoms with Gasteiger partial charge in [-0.3, -0.25) is 9.79 Å². The predicted octanol–water partition coefficient (Wildman–Crippen LogP) is 7.63. The molecule has 3 aromatic heterocycles. The quantitative estimate of drug-likeness (QED) is 0.0769. The van der Waals surface area contributed by atoms with E-state index in [1.165, 1.54) is 6.07 Å². The molecule has 0 amide bonds. The zero-order chi connectivity index (χ0) is 41.1. The van der Waals surface area contributed by atoms with E-state index in [9.17, 15) is 14.7 Å². The second-order valence-electron chi connectivity index (χ2n) is 17.2. The predicted molar refractivity (Wildman–Crippen MR) is 226 cm³/mol. The zero-order valence-electron chi connectivity index (χ0n) is 34.2. The molecule has 0 saturated carbocycles. The van der Waals surface area contributed by atoms with Gasteiger partial charge in [0.2, 0.25) is 0 Å². The highest BCUT2D eigenvalue weighted by molar-refractivity contribution is 6.07. The van der Waals surface area contributed by atoms with Gasteiger partial charge in [0.05, 0.1) is 36.3 Å². The number of aryl methyl sites for hydroxylation is 2. The fourth-order valence-corrected chi connectivity index (χ4v) is 9.41. The molecule has 59 heavy (non-hydrogen) atoms. The molecule has 4 aromatic rings. The number of nitrogens with zero attached hydrogens (tertiary/aromatic N) is 4. The van der Waals surface area contributed by atoms with Gasteiger partial charge < -0.3 is 39.7 Å². The molecule has 5 aliphatic rings. The largest absolute Gasteiger partial charge is 0.507 e. The number of nitrogen functional groups attached to an aromatic ring is 1. The summed E-state index contributed by atoms with van der Waals surface area (Å²) in [6, 6.07) is 11.1. The van der Waals surface area contributed by atoms with E-state index in [1.54, 1.807) is 13.0 Å². The number of phenolic OH excluding ortho intramolecular Hbond substituents is 1. The average molecular weight is 801 g/mol. The van der Waals surface area contributed by atoms with Crippen molar-refractivity contribution in [2.24, 2.45) is 4.99 Å². The number of carbonyl (C=O) groups is 1. The number of nitrogens with two attached hydrogens (primary N) is 1. The van der Waals surface area contributed by atoms with Crippen LogP contribution in [0.1, 0.15) is 101 Å². The van der Waals surface area contributed by atoms with E-state index in [4.69, 9.17) is 34.3 Å². The van der Waals surface area contributed by atoms with E-state index in [0.29, 0.717) is 55.1 Å².